The van der Waals surface area contributed by atoms with Crippen LogP contribution in [0.3, 0.4) is 0 Å². The van der Waals surface area contributed by atoms with Crippen molar-refractivity contribution in [1.29, 1.82) is 0 Å². The lowest BCUT2D eigenvalue weighted by atomic mass is 10.1. The summed E-state index contributed by atoms with van der Waals surface area (Å²) in [5.74, 6) is 0. The third-order valence-electron chi connectivity index (χ3n) is 2.07. The summed E-state index contributed by atoms with van der Waals surface area (Å²) >= 11 is 6.05. The quantitative estimate of drug-likeness (QED) is 0.795. The van der Waals surface area contributed by atoms with E-state index in [1.807, 2.05) is 24.3 Å². The Morgan fingerprint density at radius 3 is 2.87 bits per heavy atom. The van der Waals surface area contributed by atoms with Crippen molar-refractivity contribution in [2.75, 3.05) is 0 Å². The van der Waals surface area contributed by atoms with Crippen LogP contribution >= 0.6 is 11.6 Å². The van der Waals surface area contributed by atoms with Gasteiger partial charge in [-0.1, -0.05) is 36.4 Å². The van der Waals surface area contributed by atoms with Gasteiger partial charge in [-0.05, 0) is 17.2 Å². The summed E-state index contributed by atoms with van der Waals surface area (Å²) in [5.41, 5.74) is 1.88. The van der Waals surface area contributed by atoms with Crippen molar-refractivity contribution in [2.45, 2.75) is 6.54 Å². The third-order valence-corrected chi connectivity index (χ3v) is 2.40. The minimum absolute atomic E-state index is 0.601. The van der Waals surface area contributed by atoms with E-state index in [2.05, 4.69) is 16.7 Å². The van der Waals surface area contributed by atoms with E-state index in [1.165, 1.54) is 6.33 Å². The molecule has 2 rings (SSSR count). The number of hydrogen-bond donors (Lipinski definition) is 0. The molecular formula is C11H10ClN3. The van der Waals surface area contributed by atoms with Crippen LogP contribution in [0.1, 0.15) is 5.56 Å². The molecule has 3 nitrogen and oxygen atoms in total. The van der Waals surface area contributed by atoms with Gasteiger partial charge in [-0.2, -0.15) is 5.10 Å². The highest BCUT2D eigenvalue weighted by Gasteiger charge is 2.04. The number of allylic oxidation sites excluding steroid dienone is 1. The van der Waals surface area contributed by atoms with E-state index < -0.39 is 0 Å². The first kappa shape index (κ1) is 9.93. The van der Waals surface area contributed by atoms with Crippen molar-refractivity contribution in [3.63, 3.8) is 0 Å². The number of aromatic nitrogens is 3. The Balaban J connectivity index is 2.19. The first-order chi connectivity index (χ1) is 7.27. The summed E-state index contributed by atoms with van der Waals surface area (Å²) in [6.45, 7) is 4.59. The summed E-state index contributed by atoms with van der Waals surface area (Å²) in [7, 11) is 0. The number of benzene rings is 1. The van der Waals surface area contributed by atoms with E-state index in [4.69, 9.17) is 11.6 Å². The summed E-state index contributed by atoms with van der Waals surface area (Å²) in [4.78, 5) is 3.87. The van der Waals surface area contributed by atoms with E-state index in [1.54, 1.807) is 11.0 Å². The normalized spacial score (nSPS) is 10.2. The molecule has 0 saturated carbocycles. The largest absolute Gasteiger partial charge is 0.249 e. The molecule has 1 aromatic heterocycles. The Hall–Kier alpha value is -1.61. The molecule has 0 amide bonds. The second-order valence-electron chi connectivity index (χ2n) is 3.18. The lowest BCUT2D eigenvalue weighted by molar-refractivity contribution is 0.711. The van der Waals surface area contributed by atoms with E-state index in [9.17, 15) is 0 Å². The molecule has 0 radical (unpaired) electrons. The van der Waals surface area contributed by atoms with Crippen molar-refractivity contribution in [1.82, 2.24) is 14.8 Å². The van der Waals surface area contributed by atoms with Gasteiger partial charge in [0.2, 0.25) is 0 Å². The second kappa shape index (κ2) is 4.28. The maximum Gasteiger partial charge on any atom is 0.137 e. The molecule has 15 heavy (non-hydrogen) atoms. The highest BCUT2D eigenvalue weighted by atomic mass is 35.5. The molecule has 0 atom stereocenters. The van der Waals surface area contributed by atoms with E-state index in [-0.39, 0.29) is 0 Å². The fraction of sp³-hybridized carbons (Fsp3) is 0.0909. The molecule has 0 fully saturated rings. The predicted octanol–water partition coefficient (Wildman–Crippen LogP) is 2.64. The predicted molar refractivity (Wildman–Crippen MR) is 60.5 cm³/mol. The van der Waals surface area contributed by atoms with Gasteiger partial charge in [0.05, 0.1) is 6.54 Å². The van der Waals surface area contributed by atoms with E-state index in [0.29, 0.717) is 11.6 Å². The summed E-state index contributed by atoms with van der Waals surface area (Å²) in [5, 5.41) is 4.72. The SMILES string of the molecule is C=C(Cn1cncn1)c1ccccc1Cl. The minimum atomic E-state index is 0.601. The Morgan fingerprint density at radius 1 is 1.40 bits per heavy atom. The van der Waals surface area contributed by atoms with Gasteiger partial charge >= 0.3 is 0 Å². The molecular weight excluding hydrogens is 210 g/mol. The minimum Gasteiger partial charge on any atom is -0.249 e. The van der Waals surface area contributed by atoms with Crippen LogP contribution < -0.4 is 0 Å². The molecule has 1 aromatic carbocycles. The highest BCUT2D eigenvalue weighted by molar-refractivity contribution is 6.32. The van der Waals surface area contributed by atoms with Crippen molar-refractivity contribution in [3.05, 3.63) is 54.1 Å². The number of hydrogen-bond acceptors (Lipinski definition) is 2. The molecule has 0 aliphatic carbocycles. The molecule has 1 heterocycles. The molecule has 2 aromatic rings. The molecule has 0 unspecified atom stereocenters. The van der Waals surface area contributed by atoms with Crippen LogP contribution in [0.15, 0.2) is 43.5 Å². The molecule has 0 aliphatic heterocycles. The molecule has 76 valence electrons. The Kier molecular flexibility index (Phi) is 2.83. The molecule has 0 saturated heterocycles. The van der Waals surface area contributed by atoms with E-state index in [0.717, 1.165) is 11.1 Å². The standard InChI is InChI=1S/C11H10ClN3/c1-9(6-15-8-13-7-14-15)10-4-2-3-5-11(10)12/h2-5,7-8H,1,6H2. The Bertz CT molecular complexity index is 462. The Morgan fingerprint density at radius 2 is 2.20 bits per heavy atom. The van der Waals surface area contributed by atoms with Crippen LogP contribution in [-0.4, -0.2) is 14.8 Å². The van der Waals surface area contributed by atoms with Crippen LogP contribution in [0.5, 0.6) is 0 Å². The van der Waals surface area contributed by atoms with Gasteiger partial charge in [-0.3, -0.25) is 0 Å². The zero-order valence-corrected chi connectivity index (χ0v) is 8.85. The number of rotatable bonds is 3. The number of halogens is 1. The maximum absolute atomic E-state index is 6.05. The van der Waals surface area contributed by atoms with Gasteiger partial charge in [0.15, 0.2) is 0 Å². The second-order valence-corrected chi connectivity index (χ2v) is 3.58. The summed E-state index contributed by atoms with van der Waals surface area (Å²) in [6, 6.07) is 7.63. The zero-order valence-electron chi connectivity index (χ0n) is 8.10. The molecule has 0 spiro atoms. The Labute approximate surface area is 93.0 Å². The summed E-state index contributed by atoms with van der Waals surface area (Å²) < 4.78 is 1.71. The zero-order chi connectivity index (χ0) is 10.7. The summed E-state index contributed by atoms with van der Waals surface area (Å²) in [6.07, 6.45) is 3.15. The molecule has 0 N–H and O–H groups in total. The average molecular weight is 220 g/mol. The third kappa shape index (κ3) is 2.25. The highest BCUT2D eigenvalue weighted by Crippen LogP contribution is 2.22. The van der Waals surface area contributed by atoms with Crippen molar-refractivity contribution in [3.8, 4) is 0 Å². The molecule has 0 bridgehead atoms. The van der Waals surface area contributed by atoms with Crippen LogP contribution in [0.25, 0.3) is 5.57 Å². The van der Waals surface area contributed by atoms with Crippen molar-refractivity contribution >= 4 is 17.2 Å². The van der Waals surface area contributed by atoms with Gasteiger partial charge in [0.1, 0.15) is 12.7 Å². The number of nitrogens with zero attached hydrogens (tertiary/aromatic N) is 3. The fourth-order valence-corrected chi connectivity index (χ4v) is 1.61. The van der Waals surface area contributed by atoms with E-state index >= 15 is 0 Å². The van der Waals surface area contributed by atoms with Crippen LogP contribution in [0, 0.1) is 0 Å². The lowest BCUT2D eigenvalue weighted by Gasteiger charge is -2.07. The monoisotopic (exact) mass is 219 g/mol. The van der Waals surface area contributed by atoms with Gasteiger partial charge in [-0.25, -0.2) is 9.67 Å². The first-order valence-corrected chi connectivity index (χ1v) is 4.90. The average Bonchev–Trinajstić information content (AvgIpc) is 2.71. The van der Waals surface area contributed by atoms with Gasteiger partial charge < -0.3 is 0 Å². The maximum atomic E-state index is 6.05. The van der Waals surface area contributed by atoms with Crippen molar-refractivity contribution in [2.24, 2.45) is 0 Å². The smallest absolute Gasteiger partial charge is 0.137 e. The van der Waals surface area contributed by atoms with Crippen LogP contribution in [0.4, 0.5) is 0 Å². The van der Waals surface area contributed by atoms with Crippen molar-refractivity contribution < 1.29 is 0 Å². The molecule has 4 heteroatoms. The van der Waals surface area contributed by atoms with Gasteiger partial charge in [0, 0.05) is 5.02 Å². The van der Waals surface area contributed by atoms with Crippen LogP contribution in [0.2, 0.25) is 5.02 Å². The first-order valence-electron chi connectivity index (χ1n) is 4.52. The van der Waals surface area contributed by atoms with Gasteiger partial charge in [0.25, 0.3) is 0 Å². The topological polar surface area (TPSA) is 30.7 Å². The van der Waals surface area contributed by atoms with Crippen LogP contribution in [-0.2, 0) is 6.54 Å². The lowest BCUT2D eigenvalue weighted by Crippen LogP contribution is -2.00. The fourth-order valence-electron chi connectivity index (χ4n) is 1.34. The van der Waals surface area contributed by atoms with Gasteiger partial charge in [-0.15, -0.1) is 0 Å². The molecule has 0 aliphatic rings.